The molecule has 146 valence electrons. The lowest BCUT2D eigenvalue weighted by molar-refractivity contribution is -0.120. The summed E-state index contributed by atoms with van der Waals surface area (Å²) in [6.07, 6.45) is 0. The van der Waals surface area contributed by atoms with Crippen molar-refractivity contribution in [2.75, 3.05) is 26.6 Å². The molecule has 0 aliphatic heterocycles. The molecule has 3 rings (SSSR count). The van der Waals surface area contributed by atoms with E-state index in [9.17, 15) is 4.79 Å². The molecule has 0 fully saturated rings. The summed E-state index contributed by atoms with van der Waals surface area (Å²) in [5.74, 6) is 1.33. The fraction of sp³-hybridized carbons (Fsp3) is 0.261. The molecule has 0 saturated heterocycles. The Morgan fingerprint density at radius 2 is 1.71 bits per heavy atom. The highest BCUT2D eigenvalue weighted by atomic mass is 16.5. The van der Waals surface area contributed by atoms with Crippen LogP contribution in [0.1, 0.15) is 12.5 Å². The van der Waals surface area contributed by atoms with Gasteiger partial charge in [0.25, 0.3) is 0 Å². The fourth-order valence-electron chi connectivity index (χ4n) is 3.18. The summed E-state index contributed by atoms with van der Waals surface area (Å²) in [5.41, 5.74) is 1.87. The molecule has 0 aromatic heterocycles. The summed E-state index contributed by atoms with van der Waals surface area (Å²) >= 11 is 0. The molecule has 0 saturated carbocycles. The Morgan fingerprint density at radius 1 is 1.00 bits per heavy atom. The first-order valence-corrected chi connectivity index (χ1v) is 9.23. The minimum Gasteiger partial charge on any atom is -0.493 e. The van der Waals surface area contributed by atoms with Crippen LogP contribution in [0.3, 0.4) is 0 Å². The van der Waals surface area contributed by atoms with Crippen molar-refractivity contribution in [3.05, 3.63) is 66.2 Å². The number of methoxy groups -OCH3 is 2. The number of ether oxygens (including phenoxy) is 2. The van der Waals surface area contributed by atoms with Crippen LogP contribution >= 0.6 is 0 Å². The number of hydrogen-bond acceptors (Lipinski definition) is 4. The Labute approximate surface area is 165 Å². The van der Waals surface area contributed by atoms with Crippen molar-refractivity contribution in [3.8, 4) is 11.5 Å². The normalized spacial score (nSPS) is 12.0. The highest BCUT2D eigenvalue weighted by Crippen LogP contribution is 2.28. The number of likely N-dealkylation sites (N-methyl/N-ethyl adjacent to an activating group) is 1. The van der Waals surface area contributed by atoms with Gasteiger partial charge < -0.3 is 14.8 Å². The second kappa shape index (κ2) is 8.76. The number of nitrogens with one attached hydrogen (secondary N) is 1. The van der Waals surface area contributed by atoms with E-state index in [0.29, 0.717) is 18.0 Å². The molecule has 1 amide bonds. The second-order valence-corrected chi connectivity index (χ2v) is 6.80. The number of anilines is 1. The number of hydrogen-bond donors (Lipinski definition) is 1. The van der Waals surface area contributed by atoms with Gasteiger partial charge in [-0.3, -0.25) is 9.69 Å². The van der Waals surface area contributed by atoms with E-state index in [1.165, 1.54) is 0 Å². The summed E-state index contributed by atoms with van der Waals surface area (Å²) in [4.78, 5) is 14.8. The van der Waals surface area contributed by atoms with E-state index < -0.39 is 0 Å². The Bertz CT molecular complexity index is 966. The maximum Gasteiger partial charge on any atom is 0.241 e. The van der Waals surface area contributed by atoms with E-state index in [2.05, 4.69) is 5.32 Å². The Morgan fingerprint density at radius 3 is 2.46 bits per heavy atom. The molecular weight excluding hydrogens is 352 g/mol. The number of rotatable bonds is 7. The minimum absolute atomic E-state index is 0.0423. The van der Waals surface area contributed by atoms with E-state index in [0.717, 1.165) is 22.0 Å². The van der Waals surface area contributed by atoms with E-state index in [1.54, 1.807) is 14.2 Å². The van der Waals surface area contributed by atoms with E-state index in [1.807, 2.05) is 79.5 Å². The fourth-order valence-corrected chi connectivity index (χ4v) is 3.18. The second-order valence-electron chi connectivity index (χ2n) is 6.80. The Hall–Kier alpha value is -3.05. The van der Waals surface area contributed by atoms with Crippen LogP contribution in [0.25, 0.3) is 10.8 Å². The standard InChI is InChI=1S/C23H26N2O3/c1-16(25(2)15-17-12-13-21(27-3)22(14-17)28-4)23(26)24-20-11-7-9-18-8-5-6-10-19(18)20/h5-14,16H,15H2,1-4H3,(H,24,26)/t16-/m1/s1. The highest BCUT2D eigenvalue weighted by molar-refractivity contribution is 6.03. The van der Waals surface area contributed by atoms with E-state index in [4.69, 9.17) is 9.47 Å². The van der Waals surface area contributed by atoms with Gasteiger partial charge in [-0.2, -0.15) is 0 Å². The zero-order valence-corrected chi connectivity index (χ0v) is 16.7. The van der Waals surface area contributed by atoms with E-state index >= 15 is 0 Å². The van der Waals surface area contributed by atoms with Crippen molar-refractivity contribution in [3.63, 3.8) is 0 Å². The number of fused-ring (bicyclic) bond motifs is 1. The quantitative estimate of drug-likeness (QED) is 0.665. The van der Waals surface area contributed by atoms with Gasteiger partial charge in [-0.15, -0.1) is 0 Å². The average molecular weight is 378 g/mol. The third kappa shape index (κ3) is 4.26. The van der Waals surface area contributed by atoms with Crippen LogP contribution < -0.4 is 14.8 Å². The number of carbonyl (C=O) groups excluding carboxylic acids is 1. The van der Waals surface area contributed by atoms with Crippen molar-refractivity contribution < 1.29 is 14.3 Å². The Balaban J connectivity index is 1.70. The van der Waals surface area contributed by atoms with Crippen LogP contribution in [0.15, 0.2) is 60.7 Å². The number of nitrogens with zero attached hydrogens (tertiary/aromatic N) is 1. The maximum atomic E-state index is 12.8. The molecule has 0 unspecified atom stereocenters. The molecule has 28 heavy (non-hydrogen) atoms. The maximum absolute atomic E-state index is 12.8. The van der Waals surface area contributed by atoms with Crippen LogP contribution in [-0.4, -0.2) is 38.1 Å². The summed E-state index contributed by atoms with van der Waals surface area (Å²) in [6.45, 7) is 2.52. The Kier molecular flexibility index (Phi) is 6.16. The van der Waals surface area contributed by atoms with Gasteiger partial charge in [-0.25, -0.2) is 0 Å². The van der Waals surface area contributed by atoms with Gasteiger partial charge in [0, 0.05) is 17.6 Å². The topological polar surface area (TPSA) is 50.8 Å². The zero-order chi connectivity index (χ0) is 20.1. The SMILES string of the molecule is COc1ccc(CN(C)[C@H](C)C(=O)Nc2cccc3ccccc23)cc1OC. The molecule has 3 aromatic carbocycles. The lowest BCUT2D eigenvalue weighted by atomic mass is 10.1. The summed E-state index contributed by atoms with van der Waals surface area (Å²) < 4.78 is 10.6. The average Bonchev–Trinajstić information content (AvgIpc) is 2.73. The first kappa shape index (κ1) is 19.7. The van der Waals surface area contributed by atoms with E-state index in [-0.39, 0.29) is 11.9 Å². The first-order valence-electron chi connectivity index (χ1n) is 9.23. The summed E-state index contributed by atoms with van der Waals surface area (Å²) in [5, 5.41) is 5.21. The lowest BCUT2D eigenvalue weighted by Crippen LogP contribution is -2.39. The van der Waals surface area contributed by atoms with Crippen molar-refractivity contribution in [1.29, 1.82) is 0 Å². The van der Waals surface area contributed by atoms with Gasteiger partial charge in [-0.1, -0.05) is 42.5 Å². The van der Waals surface area contributed by atoms with Crippen LogP contribution in [-0.2, 0) is 11.3 Å². The highest BCUT2D eigenvalue weighted by Gasteiger charge is 2.19. The first-order chi connectivity index (χ1) is 13.5. The monoisotopic (exact) mass is 378 g/mol. The molecule has 1 N–H and O–H groups in total. The van der Waals surface area contributed by atoms with Crippen molar-refractivity contribution >= 4 is 22.4 Å². The van der Waals surface area contributed by atoms with Crippen molar-refractivity contribution in [2.24, 2.45) is 0 Å². The van der Waals surface area contributed by atoms with Crippen molar-refractivity contribution in [2.45, 2.75) is 19.5 Å². The van der Waals surface area contributed by atoms with Gasteiger partial charge in [0.15, 0.2) is 11.5 Å². The van der Waals surface area contributed by atoms with Gasteiger partial charge in [-0.05, 0) is 43.1 Å². The number of amides is 1. The molecule has 0 heterocycles. The number of benzene rings is 3. The number of carbonyl (C=O) groups is 1. The molecule has 0 aliphatic carbocycles. The van der Waals surface area contributed by atoms with Gasteiger partial charge in [0.05, 0.1) is 20.3 Å². The predicted molar refractivity (Wildman–Crippen MR) is 113 cm³/mol. The summed E-state index contributed by atoms with van der Waals surface area (Å²) in [7, 11) is 5.17. The molecule has 0 bridgehead atoms. The van der Waals surface area contributed by atoms with Gasteiger partial charge in [0.1, 0.15) is 0 Å². The third-order valence-electron chi connectivity index (χ3n) is 4.97. The third-order valence-corrected chi connectivity index (χ3v) is 4.97. The molecule has 5 nitrogen and oxygen atoms in total. The molecule has 0 radical (unpaired) electrons. The van der Waals surface area contributed by atoms with Gasteiger partial charge in [0.2, 0.25) is 5.91 Å². The molecule has 5 heteroatoms. The molecule has 1 atom stereocenters. The van der Waals surface area contributed by atoms with Crippen LogP contribution in [0.4, 0.5) is 5.69 Å². The molecule has 3 aromatic rings. The lowest BCUT2D eigenvalue weighted by Gasteiger charge is -2.24. The molecular formula is C23H26N2O3. The predicted octanol–water partition coefficient (Wildman–Crippen LogP) is 4.32. The van der Waals surface area contributed by atoms with Gasteiger partial charge >= 0.3 is 0 Å². The largest absolute Gasteiger partial charge is 0.493 e. The van der Waals surface area contributed by atoms with Crippen molar-refractivity contribution in [1.82, 2.24) is 4.90 Å². The van der Waals surface area contributed by atoms with Crippen LogP contribution in [0.5, 0.6) is 11.5 Å². The van der Waals surface area contributed by atoms with Crippen LogP contribution in [0.2, 0.25) is 0 Å². The van der Waals surface area contributed by atoms with Crippen LogP contribution in [0, 0.1) is 0 Å². The zero-order valence-electron chi connectivity index (χ0n) is 16.7. The minimum atomic E-state index is -0.299. The molecule has 0 aliphatic rings. The smallest absolute Gasteiger partial charge is 0.241 e. The molecule has 0 spiro atoms. The summed E-state index contributed by atoms with van der Waals surface area (Å²) in [6, 6.07) is 19.4.